The molecule has 0 radical (unpaired) electrons. The summed E-state index contributed by atoms with van der Waals surface area (Å²) in [7, 11) is 0. The highest BCUT2D eigenvalue weighted by Gasteiger charge is 2.21. The number of nitrogens with one attached hydrogen (secondary N) is 1. The Morgan fingerprint density at radius 2 is 1.71 bits per heavy atom. The lowest BCUT2D eigenvalue weighted by atomic mass is 10.1. The van der Waals surface area contributed by atoms with Gasteiger partial charge in [0.1, 0.15) is 6.04 Å². The van der Waals surface area contributed by atoms with Crippen LogP contribution in [0, 0.1) is 0 Å². The molecular formula is C10H21N3O2S2. The number of primary amides is 1. The Morgan fingerprint density at radius 3 is 2.18 bits per heavy atom. The molecule has 100 valence electrons. The summed E-state index contributed by atoms with van der Waals surface area (Å²) in [5.41, 5.74) is 10.9. The molecule has 0 aromatic heterocycles. The Hall–Kier alpha value is -0.400. The normalized spacial score (nSPS) is 14.1. The second kappa shape index (κ2) is 9.61. The van der Waals surface area contributed by atoms with Crippen molar-refractivity contribution in [3.05, 3.63) is 0 Å². The van der Waals surface area contributed by atoms with Crippen molar-refractivity contribution in [3.8, 4) is 0 Å². The number of hydrogen-bond donors (Lipinski definition) is 3. The standard InChI is InChI=1S/C10H21N3O2S2/c1-16-5-3-7(11)10(15)13-8(9(12)14)4-6-17-2/h7-8H,3-6,11H2,1-2H3,(H2,12,14)(H,13,15)/t7-,8-/m0/s1. The molecule has 0 bridgehead atoms. The van der Waals surface area contributed by atoms with Gasteiger partial charge < -0.3 is 16.8 Å². The van der Waals surface area contributed by atoms with Crippen LogP contribution in [0.3, 0.4) is 0 Å². The van der Waals surface area contributed by atoms with Crippen molar-refractivity contribution in [1.29, 1.82) is 0 Å². The fourth-order valence-electron chi connectivity index (χ4n) is 1.18. The first-order chi connectivity index (χ1) is 8.02. The molecule has 17 heavy (non-hydrogen) atoms. The van der Waals surface area contributed by atoms with Gasteiger partial charge in [-0.1, -0.05) is 0 Å². The first-order valence-electron chi connectivity index (χ1n) is 5.36. The zero-order chi connectivity index (χ0) is 13.3. The van der Waals surface area contributed by atoms with E-state index in [-0.39, 0.29) is 5.91 Å². The smallest absolute Gasteiger partial charge is 0.240 e. The van der Waals surface area contributed by atoms with Crippen molar-refractivity contribution in [1.82, 2.24) is 5.32 Å². The number of rotatable bonds is 9. The fourth-order valence-corrected chi connectivity index (χ4v) is 2.14. The maximum Gasteiger partial charge on any atom is 0.240 e. The van der Waals surface area contributed by atoms with Crippen LogP contribution in [0.5, 0.6) is 0 Å². The number of carbonyl (C=O) groups excluding carboxylic acids is 2. The maximum absolute atomic E-state index is 11.7. The van der Waals surface area contributed by atoms with Crippen LogP contribution in [0.1, 0.15) is 12.8 Å². The van der Waals surface area contributed by atoms with E-state index in [0.29, 0.717) is 12.8 Å². The predicted octanol–water partition coefficient (Wildman–Crippen LogP) is -0.210. The van der Waals surface area contributed by atoms with E-state index in [4.69, 9.17) is 11.5 Å². The predicted molar refractivity (Wildman–Crippen MR) is 75.1 cm³/mol. The highest BCUT2D eigenvalue weighted by molar-refractivity contribution is 7.98. The topological polar surface area (TPSA) is 98.2 Å². The number of nitrogens with two attached hydrogens (primary N) is 2. The van der Waals surface area contributed by atoms with Gasteiger partial charge in [-0.05, 0) is 36.9 Å². The third kappa shape index (κ3) is 7.51. The summed E-state index contributed by atoms with van der Waals surface area (Å²) in [5, 5.41) is 2.60. The molecule has 0 unspecified atom stereocenters. The third-order valence-electron chi connectivity index (χ3n) is 2.24. The molecule has 0 aliphatic heterocycles. The van der Waals surface area contributed by atoms with Gasteiger partial charge in [0, 0.05) is 0 Å². The van der Waals surface area contributed by atoms with E-state index < -0.39 is 18.0 Å². The molecule has 2 amide bonds. The Labute approximate surface area is 111 Å². The van der Waals surface area contributed by atoms with Gasteiger partial charge in [-0.2, -0.15) is 23.5 Å². The van der Waals surface area contributed by atoms with Crippen molar-refractivity contribution in [2.24, 2.45) is 11.5 Å². The highest BCUT2D eigenvalue weighted by atomic mass is 32.2. The zero-order valence-electron chi connectivity index (χ0n) is 10.3. The number of amides is 2. The molecule has 0 aliphatic rings. The summed E-state index contributed by atoms with van der Waals surface area (Å²) in [6.07, 6.45) is 5.03. The van der Waals surface area contributed by atoms with Crippen LogP contribution >= 0.6 is 23.5 Å². The first kappa shape index (κ1) is 16.6. The van der Waals surface area contributed by atoms with Gasteiger partial charge in [0.2, 0.25) is 11.8 Å². The Balaban J connectivity index is 4.15. The van der Waals surface area contributed by atoms with Crippen LogP contribution in [0.4, 0.5) is 0 Å². The molecule has 0 spiro atoms. The monoisotopic (exact) mass is 279 g/mol. The van der Waals surface area contributed by atoms with Crippen molar-refractivity contribution in [2.45, 2.75) is 24.9 Å². The molecule has 0 heterocycles. The molecule has 5 N–H and O–H groups in total. The summed E-state index contributed by atoms with van der Waals surface area (Å²) in [5.74, 6) is 0.780. The fraction of sp³-hybridized carbons (Fsp3) is 0.800. The summed E-state index contributed by atoms with van der Waals surface area (Å²) in [4.78, 5) is 22.8. The molecule has 0 aromatic rings. The second-order valence-corrected chi connectivity index (χ2v) is 5.60. The lowest BCUT2D eigenvalue weighted by Crippen LogP contribution is -2.50. The summed E-state index contributed by atoms with van der Waals surface area (Å²) in [6.45, 7) is 0. The van der Waals surface area contributed by atoms with E-state index in [1.807, 2.05) is 12.5 Å². The van der Waals surface area contributed by atoms with Crippen LogP contribution in [-0.4, -0.2) is 47.9 Å². The van der Waals surface area contributed by atoms with Crippen LogP contribution in [0.2, 0.25) is 0 Å². The van der Waals surface area contributed by atoms with Gasteiger partial charge in [0.25, 0.3) is 0 Å². The summed E-state index contributed by atoms with van der Waals surface area (Å²) < 4.78 is 0. The minimum atomic E-state index is -0.615. The molecule has 2 atom stereocenters. The number of hydrogen-bond acceptors (Lipinski definition) is 5. The highest BCUT2D eigenvalue weighted by Crippen LogP contribution is 2.02. The van der Waals surface area contributed by atoms with Crippen molar-refractivity contribution in [3.63, 3.8) is 0 Å². The average Bonchev–Trinajstić information content (AvgIpc) is 2.30. The van der Waals surface area contributed by atoms with Gasteiger partial charge in [-0.3, -0.25) is 9.59 Å². The van der Waals surface area contributed by atoms with Crippen LogP contribution in [0.15, 0.2) is 0 Å². The minimum absolute atomic E-state index is 0.302. The third-order valence-corrected chi connectivity index (χ3v) is 3.53. The Bertz CT molecular complexity index is 252. The average molecular weight is 279 g/mol. The molecule has 0 saturated heterocycles. The van der Waals surface area contributed by atoms with E-state index in [1.165, 1.54) is 0 Å². The lowest BCUT2D eigenvalue weighted by Gasteiger charge is -2.18. The zero-order valence-corrected chi connectivity index (χ0v) is 11.9. The van der Waals surface area contributed by atoms with Crippen LogP contribution < -0.4 is 16.8 Å². The molecule has 0 saturated carbocycles. The van der Waals surface area contributed by atoms with E-state index >= 15 is 0 Å². The molecule has 0 rings (SSSR count). The van der Waals surface area contributed by atoms with E-state index in [1.54, 1.807) is 23.5 Å². The second-order valence-electron chi connectivity index (χ2n) is 3.63. The van der Waals surface area contributed by atoms with Gasteiger partial charge in [0.05, 0.1) is 6.04 Å². The van der Waals surface area contributed by atoms with Crippen molar-refractivity contribution in [2.75, 3.05) is 24.0 Å². The van der Waals surface area contributed by atoms with Gasteiger partial charge in [0.15, 0.2) is 0 Å². The molecule has 5 nitrogen and oxygen atoms in total. The Morgan fingerprint density at radius 1 is 1.18 bits per heavy atom. The van der Waals surface area contributed by atoms with Gasteiger partial charge >= 0.3 is 0 Å². The maximum atomic E-state index is 11.7. The van der Waals surface area contributed by atoms with Gasteiger partial charge in [-0.25, -0.2) is 0 Å². The largest absolute Gasteiger partial charge is 0.368 e. The number of carbonyl (C=O) groups is 2. The van der Waals surface area contributed by atoms with Gasteiger partial charge in [-0.15, -0.1) is 0 Å². The summed E-state index contributed by atoms with van der Waals surface area (Å²) in [6, 6.07) is -1.19. The van der Waals surface area contributed by atoms with E-state index in [2.05, 4.69) is 5.32 Å². The van der Waals surface area contributed by atoms with E-state index in [0.717, 1.165) is 11.5 Å². The van der Waals surface area contributed by atoms with Crippen LogP contribution in [0.25, 0.3) is 0 Å². The molecule has 0 aliphatic carbocycles. The lowest BCUT2D eigenvalue weighted by molar-refractivity contribution is -0.128. The molecule has 7 heteroatoms. The summed E-state index contributed by atoms with van der Waals surface area (Å²) >= 11 is 3.23. The number of thioether (sulfide) groups is 2. The molecular weight excluding hydrogens is 258 g/mol. The first-order valence-corrected chi connectivity index (χ1v) is 8.14. The minimum Gasteiger partial charge on any atom is -0.368 e. The van der Waals surface area contributed by atoms with E-state index in [9.17, 15) is 9.59 Å². The van der Waals surface area contributed by atoms with Crippen LogP contribution in [-0.2, 0) is 9.59 Å². The molecule has 0 fully saturated rings. The quantitative estimate of drug-likeness (QED) is 0.542. The van der Waals surface area contributed by atoms with Crippen molar-refractivity contribution < 1.29 is 9.59 Å². The van der Waals surface area contributed by atoms with Crippen molar-refractivity contribution >= 4 is 35.3 Å². The molecule has 0 aromatic carbocycles. The SMILES string of the molecule is CSCC[C@H](NC(=O)[C@@H](N)CCSC)C(N)=O. The Kier molecular flexibility index (Phi) is 9.39.